The summed E-state index contributed by atoms with van der Waals surface area (Å²) in [4.78, 5) is 13.9. The van der Waals surface area contributed by atoms with Gasteiger partial charge in [0.2, 0.25) is 0 Å². The third-order valence-electron chi connectivity index (χ3n) is 4.85. The van der Waals surface area contributed by atoms with E-state index in [1.807, 2.05) is 0 Å². The molecule has 0 bridgehead atoms. The van der Waals surface area contributed by atoms with Crippen molar-refractivity contribution < 1.29 is 9.90 Å². The van der Waals surface area contributed by atoms with Gasteiger partial charge in [-0.25, -0.2) is 0 Å². The molecule has 1 saturated heterocycles. The van der Waals surface area contributed by atoms with E-state index >= 15 is 0 Å². The van der Waals surface area contributed by atoms with Crippen LogP contribution in [0.25, 0.3) is 0 Å². The van der Waals surface area contributed by atoms with Crippen LogP contribution >= 0.6 is 0 Å². The molecule has 1 fully saturated rings. The van der Waals surface area contributed by atoms with Gasteiger partial charge in [-0.1, -0.05) is 49.9 Å². The molecule has 2 unspecified atom stereocenters. The Morgan fingerprint density at radius 1 is 1.36 bits per heavy atom. The van der Waals surface area contributed by atoms with Crippen molar-refractivity contribution in [2.24, 2.45) is 0 Å². The first-order chi connectivity index (χ1) is 10.5. The fraction of sp³-hybridized carbons (Fsp3) is 0.632. The van der Waals surface area contributed by atoms with Gasteiger partial charge in [-0.15, -0.1) is 0 Å². The fourth-order valence-corrected chi connectivity index (χ4v) is 3.61. The maximum atomic E-state index is 11.7. The van der Waals surface area contributed by atoms with E-state index in [0.717, 1.165) is 45.1 Å². The number of benzene rings is 1. The Hall–Kier alpha value is -1.35. The molecule has 1 N–H and O–H groups in total. The highest BCUT2D eigenvalue weighted by atomic mass is 16.4. The van der Waals surface area contributed by atoms with Crippen LogP contribution in [0.4, 0.5) is 0 Å². The molecule has 22 heavy (non-hydrogen) atoms. The van der Waals surface area contributed by atoms with E-state index in [9.17, 15) is 9.90 Å². The molecule has 1 heterocycles. The van der Waals surface area contributed by atoms with Gasteiger partial charge >= 0.3 is 5.97 Å². The van der Waals surface area contributed by atoms with Crippen LogP contribution < -0.4 is 0 Å². The molecular weight excluding hydrogens is 274 g/mol. The first-order valence-corrected chi connectivity index (χ1v) is 8.60. The average Bonchev–Trinajstić information content (AvgIpc) is 2.51. The number of rotatable bonds is 6. The van der Waals surface area contributed by atoms with Crippen LogP contribution in [0.1, 0.15) is 68.2 Å². The number of hydrogen-bond acceptors (Lipinski definition) is 2. The molecule has 0 aromatic heterocycles. The number of carbonyl (C=O) groups is 1. The second-order valence-electron chi connectivity index (χ2n) is 6.61. The largest absolute Gasteiger partial charge is 0.480 e. The molecule has 0 amide bonds. The maximum absolute atomic E-state index is 11.7. The van der Waals surface area contributed by atoms with Gasteiger partial charge < -0.3 is 5.11 Å². The molecule has 3 heteroatoms. The van der Waals surface area contributed by atoms with Crippen molar-refractivity contribution in [3.8, 4) is 0 Å². The Morgan fingerprint density at radius 3 is 2.82 bits per heavy atom. The molecule has 1 aromatic rings. The summed E-state index contributed by atoms with van der Waals surface area (Å²) in [6.45, 7) is 7.36. The number of aryl methyl sites for hydroxylation is 2. The molecule has 122 valence electrons. The summed E-state index contributed by atoms with van der Waals surface area (Å²) in [6, 6.07) is 6.48. The number of aliphatic carboxylic acids is 1. The summed E-state index contributed by atoms with van der Waals surface area (Å²) in [7, 11) is 0. The lowest BCUT2D eigenvalue weighted by molar-refractivity contribution is -0.146. The zero-order chi connectivity index (χ0) is 16.1. The van der Waals surface area contributed by atoms with Crippen LogP contribution in [0, 0.1) is 13.8 Å². The molecule has 2 rings (SSSR count). The lowest BCUT2D eigenvalue weighted by atomic mass is 9.90. The SMILES string of the molecule is CCCCC(c1cc(C)ccc1C)N1CCCCC1C(=O)O. The Balaban J connectivity index is 2.35. The van der Waals surface area contributed by atoms with Crippen LogP contribution in [0.15, 0.2) is 18.2 Å². The van der Waals surface area contributed by atoms with Gasteiger partial charge in [0, 0.05) is 6.04 Å². The normalized spacial score (nSPS) is 20.8. The third kappa shape index (κ3) is 3.89. The van der Waals surface area contributed by atoms with Gasteiger partial charge in [-0.2, -0.15) is 0 Å². The van der Waals surface area contributed by atoms with Crippen LogP contribution in [-0.4, -0.2) is 28.6 Å². The van der Waals surface area contributed by atoms with Gasteiger partial charge in [0.15, 0.2) is 0 Å². The van der Waals surface area contributed by atoms with Gasteiger partial charge in [-0.3, -0.25) is 9.69 Å². The van der Waals surface area contributed by atoms with Crippen molar-refractivity contribution in [1.29, 1.82) is 0 Å². The third-order valence-corrected chi connectivity index (χ3v) is 4.85. The molecule has 0 aliphatic carbocycles. The van der Waals surface area contributed by atoms with Gasteiger partial charge in [-0.05, 0) is 50.8 Å². The van der Waals surface area contributed by atoms with E-state index in [0.29, 0.717) is 0 Å². The number of carboxylic acids is 1. The Morgan fingerprint density at radius 2 is 2.14 bits per heavy atom. The van der Waals surface area contributed by atoms with E-state index in [1.165, 1.54) is 16.7 Å². The van der Waals surface area contributed by atoms with Gasteiger partial charge in [0.05, 0.1) is 0 Å². The quantitative estimate of drug-likeness (QED) is 0.842. The second-order valence-corrected chi connectivity index (χ2v) is 6.61. The first kappa shape index (κ1) is 17.0. The first-order valence-electron chi connectivity index (χ1n) is 8.60. The summed E-state index contributed by atoms with van der Waals surface area (Å²) in [5.41, 5.74) is 3.86. The molecule has 2 atom stereocenters. The Bertz CT molecular complexity index is 512. The lowest BCUT2D eigenvalue weighted by Gasteiger charge is -2.40. The van der Waals surface area contributed by atoms with E-state index < -0.39 is 5.97 Å². The van der Waals surface area contributed by atoms with E-state index in [4.69, 9.17) is 0 Å². The van der Waals surface area contributed by atoms with Gasteiger partial charge in [0.1, 0.15) is 6.04 Å². The molecular formula is C19H29NO2. The minimum Gasteiger partial charge on any atom is -0.480 e. The molecule has 0 spiro atoms. The minimum absolute atomic E-state index is 0.237. The van der Waals surface area contributed by atoms with Crippen molar-refractivity contribution in [1.82, 2.24) is 4.90 Å². The maximum Gasteiger partial charge on any atom is 0.320 e. The minimum atomic E-state index is -0.661. The molecule has 0 radical (unpaired) electrons. The standard InChI is InChI=1S/C19H29NO2/c1-4-5-8-17(16-13-14(2)10-11-15(16)3)20-12-7-6-9-18(20)19(21)22/h10-11,13,17-18H,4-9,12H2,1-3H3,(H,21,22). The molecule has 1 aliphatic rings. The van der Waals surface area contributed by atoms with Crippen LogP contribution in [0.2, 0.25) is 0 Å². The van der Waals surface area contributed by atoms with Crippen molar-refractivity contribution in [2.45, 2.75) is 71.4 Å². The van der Waals surface area contributed by atoms with Crippen molar-refractivity contribution >= 4 is 5.97 Å². The molecule has 0 saturated carbocycles. The average molecular weight is 303 g/mol. The Kier molecular flexibility index (Phi) is 6.01. The van der Waals surface area contributed by atoms with E-state index in [-0.39, 0.29) is 12.1 Å². The van der Waals surface area contributed by atoms with Crippen molar-refractivity contribution in [3.05, 3.63) is 34.9 Å². The summed E-state index contributed by atoms with van der Waals surface area (Å²) in [6.07, 6.45) is 6.25. The topological polar surface area (TPSA) is 40.5 Å². The zero-order valence-corrected chi connectivity index (χ0v) is 14.1. The van der Waals surface area contributed by atoms with Crippen LogP contribution in [0.5, 0.6) is 0 Å². The van der Waals surface area contributed by atoms with Crippen molar-refractivity contribution in [2.75, 3.05) is 6.54 Å². The number of nitrogens with zero attached hydrogens (tertiary/aromatic N) is 1. The van der Waals surface area contributed by atoms with Crippen molar-refractivity contribution in [3.63, 3.8) is 0 Å². The number of piperidine rings is 1. The number of unbranched alkanes of at least 4 members (excludes halogenated alkanes) is 1. The Labute approximate surface area is 134 Å². The smallest absolute Gasteiger partial charge is 0.320 e. The predicted molar refractivity (Wildman–Crippen MR) is 90.2 cm³/mol. The highest BCUT2D eigenvalue weighted by Crippen LogP contribution is 2.34. The van der Waals surface area contributed by atoms with Crippen LogP contribution in [-0.2, 0) is 4.79 Å². The monoisotopic (exact) mass is 303 g/mol. The summed E-state index contributed by atoms with van der Waals surface area (Å²) in [5.74, 6) is -0.661. The number of likely N-dealkylation sites (tertiary alicyclic amines) is 1. The molecule has 3 nitrogen and oxygen atoms in total. The second kappa shape index (κ2) is 7.77. The summed E-state index contributed by atoms with van der Waals surface area (Å²) >= 11 is 0. The lowest BCUT2D eigenvalue weighted by Crippen LogP contribution is -2.46. The molecule has 1 aliphatic heterocycles. The predicted octanol–water partition coefficient (Wildman–Crippen LogP) is 4.47. The zero-order valence-electron chi connectivity index (χ0n) is 14.1. The summed E-state index contributed by atoms with van der Waals surface area (Å²) < 4.78 is 0. The van der Waals surface area contributed by atoms with Crippen LogP contribution in [0.3, 0.4) is 0 Å². The number of carboxylic acid groups (broad SMARTS) is 1. The van der Waals surface area contributed by atoms with Gasteiger partial charge in [0.25, 0.3) is 0 Å². The summed E-state index contributed by atoms with van der Waals surface area (Å²) in [5, 5.41) is 9.61. The number of hydrogen-bond donors (Lipinski definition) is 1. The highest BCUT2D eigenvalue weighted by Gasteiger charge is 2.34. The highest BCUT2D eigenvalue weighted by molar-refractivity contribution is 5.73. The molecule has 1 aromatic carbocycles. The fourth-order valence-electron chi connectivity index (χ4n) is 3.61. The van der Waals surface area contributed by atoms with E-state index in [1.54, 1.807) is 0 Å². The van der Waals surface area contributed by atoms with E-state index in [2.05, 4.69) is 43.9 Å².